The molecule has 0 fully saturated rings. The molecule has 0 bridgehead atoms. The van der Waals surface area contributed by atoms with E-state index in [9.17, 15) is 9.59 Å². The van der Waals surface area contributed by atoms with Gasteiger partial charge in [0.15, 0.2) is 6.29 Å². The number of hydrogen-bond acceptors (Lipinski definition) is 4. The summed E-state index contributed by atoms with van der Waals surface area (Å²) in [6.07, 6.45) is 0.488. The first-order chi connectivity index (χ1) is 7.27. The Morgan fingerprint density at radius 2 is 2.00 bits per heavy atom. The van der Waals surface area contributed by atoms with Crippen molar-refractivity contribution < 1.29 is 14.3 Å². The van der Waals surface area contributed by atoms with Gasteiger partial charge in [-0.05, 0) is 17.5 Å². The molecule has 0 aliphatic rings. The predicted molar refractivity (Wildman–Crippen MR) is 58.5 cm³/mol. The number of thioether (sulfide) groups is 1. The van der Waals surface area contributed by atoms with E-state index in [1.807, 2.05) is 30.3 Å². The fourth-order valence-electron chi connectivity index (χ4n) is 0.872. The maximum Gasteiger partial charge on any atom is 0.341 e. The lowest BCUT2D eigenvalue weighted by Gasteiger charge is -1.97. The number of rotatable bonds is 4. The summed E-state index contributed by atoms with van der Waals surface area (Å²) >= 11 is 1.30. The van der Waals surface area contributed by atoms with E-state index in [-0.39, 0.29) is 5.57 Å². The zero-order valence-electron chi connectivity index (χ0n) is 8.17. The van der Waals surface area contributed by atoms with Crippen molar-refractivity contribution >= 4 is 24.0 Å². The molecule has 0 amide bonds. The van der Waals surface area contributed by atoms with Crippen LogP contribution in [0.4, 0.5) is 0 Å². The van der Waals surface area contributed by atoms with Crippen molar-refractivity contribution in [3.8, 4) is 0 Å². The van der Waals surface area contributed by atoms with Crippen molar-refractivity contribution in [1.29, 1.82) is 0 Å². The fraction of sp³-hybridized carbons (Fsp3) is 0.0909. The topological polar surface area (TPSA) is 43.4 Å². The van der Waals surface area contributed by atoms with Crippen LogP contribution < -0.4 is 0 Å². The molecule has 1 aromatic carbocycles. The molecule has 78 valence electrons. The molecule has 0 saturated heterocycles. The van der Waals surface area contributed by atoms with Crippen molar-refractivity contribution in [2.45, 2.75) is 4.90 Å². The van der Waals surface area contributed by atoms with Crippen LogP contribution in [0.2, 0.25) is 0 Å². The molecule has 4 heteroatoms. The lowest BCUT2D eigenvalue weighted by atomic mass is 10.3. The summed E-state index contributed by atoms with van der Waals surface area (Å²) < 4.78 is 4.44. The molecule has 0 heterocycles. The fourth-order valence-corrected chi connectivity index (χ4v) is 1.60. The number of carbonyl (C=O) groups excluding carboxylic acids is 2. The molecule has 0 spiro atoms. The van der Waals surface area contributed by atoms with E-state index in [4.69, 9.17) is 0 Å². The van der Waals surface area contributed by atoms with Gasteiger partial charge in [-0.3, -0.25) is 4.79 Å². The van der Waals surface area contributed by atoms with Crippen LogP contribution in [-0.2, 0) is 14.3 Å². The van der Waals surface area contributed by atoms with Crippen LogP contribution in [-0.4, -0.2) is 19.4 Å². The van der Waals surface area contributed by atoms with Gasteiger partial charge < -0.3 is 4.74 Å². The Kier molecular flexibility index (Phi) is 4.63. The lowest BCUT2D eigenvalue weighted by molar-refractivity contribution is -0.136. The maximum absolute atomic E-state index is 11.0. The average molecular weight is 222 g/mol. The molecule has 0 saturated carbocycles. The summed E-state index contributed by atoms with van der Waals surface area (Å²) in [7, 11) is 1.24. The second-order valence-electron chi connectivity index (χ2n) is 2.61. The second kappa shape index (κ2) is 6.03. The number of hydrogen-bond donors (Lipinski definition) is 0. The first-order valence-electron chi connectivity index (χ1n) is 4.23. The molecule has 0 aliphatic heterocycles. The quantitative estimate of drug-likeness (QED) is 0.195. The van der Waals surface area contributed by atoms with Gasteiger partial charge in [0.2, 0.25) is 0 Å². The van der Waals surface area contributed by atoms with Crippen molar-refractivity contribution in [3.63, 3.8) is 0 Å². The molecule has 0 radical (unpaired) electrons. The van der Waals surface area contributed by atoms with Crippen LogP contribution >= 0.6 is 11.8 Å². The van der Waals surface area contributed by atoms with E-state index in [0.717, 1.165) is 4.90 Å². The van der Waals surface area contributed by atoms with E-state index in [1.54, 1.807) is 0 Å². The van der Waals surface area contributed by atoms with E-state index in [0.29, 0.717) is 6.29 Å². The molecular weight excluding hydrogens is 212 g/mol. The minimum Gasteiger partial charge on any atom is -0.465 e. The van der Waals surface area contributed by atoms with E-state index in [2.05, 4.69) is 4.74 Å². The molecule has 0 aromatic heterocycles. The number of methoxy groups -OCH3 is 1. The highest BCUT2D eigenvalue weighted by atomic mass is 32.2. The zero-order chi connectivity index (χ0) is 11.1. The normalized spacial score (nSPS) is 10.9. The van der Waals surface area contributed by atoms with Crippen LogP contribution in [0.3, 0.4) is 0 Å². The largest absolute Gasteiger partial charge is 0.465 e. The monoisotopic (exact) mass is 222 g/mol. The molecule has 0 atom stereocenters. The number of ether oxygens (including phenoxy) is 1. The van der Waals surface area contributed by atoms with Crippen LogP contribution in [0, 0.1) is 0 Å². The predicted octanol–water partition coefficient (Wildman–Crippen LogP) is 2.03. The van der Waals surface area contributed by atoms with Crippen LogP contribution in [0.15, 0.2) is 46.2 Å². The van der Waals surface area contributed by atoms with Gasteiger partial charge in [-0.1, -0.05) is 30.0 Å². The van der Waals surface area contributed by atoms with Crippen molar-refractivity contribution in [1.82, 2.24) is 0 Å². The van der Waals surface area contributed by atoms with Gasteiger partial charge >= 0.3 is 5.97 Å². The number of esters is 1. The Balaban J connectivity index is 2.71. The number of aldehydes is 1. The van der Waals surface area contributed by atoms with E-state index in [1.165, 1.54) is 24.3 Å². The first-order valence-corrected chi connectivity index (χ1v) is 5.11. The van der Waals surface area contributed by atoms with Crippen LogP contribution in [0.25, 0.3) is 0 Å². The highest BCUT2D eigenvalue weighted by Gasteiger charge is 2.07. The first kappa shape index (κ1) is 11.5. The SMILES string of the molecule is COC(=O)/C(C=O)=C/Sc1ccccc1. The minimum absolute atomic E-state index is 0.0198. The summed E-state index contributed by atoms with van der Waals surface area (Å²) in [6.45, 7) is 0. The Morgan fingerprint density at radius 1 is 1.33 bits per heavy atom. The zero-order valence-corrected chi connectivity index (χ0v) is 8.99. The van der Waals surface area contributed by atoms with Crippen molar-refractivity contribution in [2.24, 2.45) is 0 Å². The Bertz CT molecular complexity index is 371. The van der Waals surface area contributed by atoms with Gasteiger partial charge in [0.25, 0.3) is 0 Å². The summed E-state index contributed by atoms with van der Waals surface area (Å²) in [5, 5.41) is 1.48. The third-order valence-corrected chi connectivity index (χ3v) is 2.53. The van der Waals surface area contributed by atoms with Gasteiger partial charge in [-0.25, -0.2) is 4.79 Å². The smallest absolute Gasteiger partial charge is 0.341 e. The minimum atomic E-state index is -0.617. The van der Waals surface area contributed by atoms with Crippen molar-refractivity contribution in [3.05, 3.63) is 41.3 Å². The molecule has 1 aromatic rings. The summed E-state index contributed by atoms with van der Waals surface area (Å²) in [4.78, 5) is 22.5. The average Bonchev–Trinajstić information content (AvgIpc) is 2.31. The molecule has 0 N–H and O–H groups in total. The lowest BCUT2D eigenvalue weighted by Crippen LogP contribution is -2.04. The van der Waals surface area contributed by atoms with E-state index >= 15 is 0 Å². The summed E-state index contributed by atoms with van der Waals surface area (Å²) in [5.41, 5.74) is 0.0198. The van der Waals surface area contributed by atoms with E-state index < -0.39 is 5.97 Å². The number of carbonyl (C=O) groups is 2. The Labute approximate surface area is 92.1 Å². The molecule has 15 heavy (non-hydrogen) atoms. The second-order valence-corrected chi connectivity index (χ2v) is 3.56. The molecule has 0 aliphatic carbocycles. The van der Waals surface area contributed by atoms with Gasteiger partial charge in [-0.2, -0.15) is 0 Å². The third-order valence-electron chi connectivity index (χ3n) is 1.61. The molecular formula is C11H10O3S. The van der Waals surface area contributed by atoms with Gasteiger partial charge in [0.05, 0.1) is 7.11 Å². The van der Waals surface area contributed by atoms with Gasteiger partial charge in [0, 0.05) is 4.90 Å². The standard InChI is InChI=1S/C11H10O3S/c1-14-11(13)9(7-12)8-15-10-5-3-2-4-6-10/h2-8H,1H3/b9-8+. The third kappa shape index (κ3) is 3.59. The van der Waals surface area contributed by atoms with Crippen LogP contribution in [0.1, 0.15) is 0 Å². The Morgan fingerprint density at radius 3 is 2.53 bits per heavy atom. The molecule has 0 unspecified atom stereocenters. The highest BCUT2D eigenvalue weighted by molar-refractivity contribution is 8.02. The number of benzene rings is 1. The summed E-state index contributed by atoms with van der Waals surface area (Å²) in [5.74, 6) is -0.617. The van der Waals surface area contributed by atoms with Crippen molar-refractivity contribution in [2.75, 3.05) is 7.11 Å². The highest BCUT2D eigenvalue weighted by Crippen LogP contribution is 2.19. The van der Waals surface area contributed by atoms with Crippen LogP contribution in [0.5, 0.6) is 0 Å². The summed E-state index contributed by atoms with van der Waals surface area (Å²) in [6, 6.07) is 9.44. The Hall–Kier alpha value is -1.55. The molecule has 3 nitrogen and oxygen atoms in total. The van der Waals surface area contributed by atoms with Gasteiger partial charge in [-0.15, -0.1) is 0 Å². The maximum atomic E-state index is 11.0. The molecule has 1 rings (SSSR count). The van der Waals surface area contributed by atoms with Gasteiger partial charge in [0.1, 0.15) is 5.57 Å².